The summed E-state index contributed by atoms with van der Waals surface area (Å²) >= 11 is 0. The molecule has 5 atom stereocenters. The summed E-state index contributed by atoms with van der Waals surface area (Å²) in [5.41, 5.74) is 10.8. The summed E-state index contributed by atoms with van der Waals surface area (Å²) in [4.78, 5) is 35.1. The Kier molecular flexibility index (Phi) is 6.67. The van der Waals surface area contributed by atoms with Crippen LogP contribution in [0.3, 0.4) is 0 Å². The molecule has 1 aliphatic rings. The standard InChI is InChI=1S/C17H27N7O6/c1-2-3-4-7(18)14(28)20-5-9-21-10-13(22-17(19)23-15(10)29)24(9)16-12(27)11(26)8(6-25)30-16/h7-8,11-12,16,25-27H,2-6,18H2,1H3,(H,20,28)(H3,19,22,23,29)/t7-,8+,11+,12+,16+/m0/s1. The number of aromatic amines is 1. The van der Waals surface area contributed by atoms with E-state index >= 15 is 0 Å². The second-order valence-electron chi connectivity index (χ2n) is 7.22. The number of nitrogens with zero attached hydrogens (tertiary/aromatic N) is 3. The van der Waals surface area contributed by atoms with Crippen LogP contribution in [0.1, 0.15) is 38.2 Å². The molecule has 1 amide bonds. The predicted octanol–water partition coefficient (Wildman–Crippen LogP) is -2.55. The zero-order chi connectivity index (χ0) is 22.0. The summed E-state index contributed by atoms with van der Waals surface area (Å²) in [5.74, 6) is -0.443. The molecule has 30 heavy (non-hydrogen) atoms. The Morgan fingerprint density at radius 1 is 1.37 bits per heavy atom. The number of nitrogens with one attached hydrogen (secondary N) is 2. The molecule has 2 aromatic rings. The number of aromatic nitrogens is 4. The second-order valence-corrected chi connectivity index (χ2v) is 7.22. The topological polar surface area (TPSA) is 215 Å². The number of aliphatic hydroxyl groups is 3. The minimum atomic E-state index is -1.44. The fourth-order valence-corrected chi connectivity index (χ4v) is 3.38. The predicted molar refractivity (Wildman–Crippen MR) is 105 cm³/mol. The molecule has 0 bridgehead atoms. The van der Waals surface area contributed by atoms with Gasteiger partial charge in [-0.25, -0.2) is 4.98 Å². The monoisotopic (exact) mass is 425 g/mol. The minimum Gasteiger partial charge on any atom is -0.394 e. The highest BCUT2D eigenvalue weighted by Gasteiger charge is 2.45. The number of carbonyl (C=O) groups excluding carboxylic acids is 1. The molecule has 13 nitrogen and oxygen atoms in total. The summed E-state index contributed by atoms with van der Waals surface area (Å²) in [6.07, 6.45) is -2.86. The van der Waals surface area contributed by atoms with Gasteiger partial charge in [0.15, 0.2) is 17.4 Å². The molecule has 0 unspecified atom stereocenters. The van der Waals surface area contributed by atoms with Crippen molar-refractivity contribution < 1.29 is 24.9 Å². The SMILES string of the molecule is CCCC[C@H](N)C(=O)NCc1nc2c(=O)[nH]c(N)nc2n1[C@@H]1O[C@H](CO)[C@@H](O)[C@H]1O. The van der Waals surface area contributed by atoms with Crippen LogP contribution in [-0.2, 0) is 16.1 Å². The number of anilines is 1. The van der Waals surface area contributed by atoms with Gasteiger partial charge in [0.25, 0.3) is 5.56 Å². The average molecular weight is 425 g/mol. The number of aliphatic hydroxyl groups excluding tert-OH is 3. The zero-order valence-electron chi connectivity index (χ0n) is 16.5. The lowest BCUT2D eigenvalue weighted by atomic mass is 10.1. The average Bonchev–Trinajstić information content (AvgIpc) is 3.21. The molecular weight excluding hydrogens is 398 g/mol. The Morgan fingerprint density at radius 2 is 2.10 bits per heavy atom. The Labute approximate surface area is 171 Å². The highest BCUT2D eigenvalue weighted by atomic mass is 16.6. The van der Waals surface area contributed by atoms with Crippen LogP contribution in [0, 0.1) is 0 Å². The first-order valence-electron chi connectivity index (χ1n) is 9.70. The number of hydrogen-bond acceptors (Lipinski definition) is 10. The van der Waals surface area contributed by atoms with Crippen LogP contribution in [0.4, 0.5) is 5.95 Å². The van der Waals surface area contributed by atoms with Crippen LogP contribution in [0.2, 0.25) is 0 Å². The van der Waals surface area contributed by atoms with Gasteiger partial charge in [-0.1, -0.05) is 19.8 Å². The summed E-state index contributed by atoms with van der Waals surface area (Å²) in [6, 6.07) is -0.700. The fraction of sp³-hybridized carbons (Fsp3) is 0.647. The molecule has 0 spiro atoms. The fourth-order valence-electron chi connectivity index (χ4n) is 3.38. The van der Waals surface area contributed by atoms with E-state index in [1.54, 1.807) is 0 Å². The zero-order valence-corrected chi connectivity index (χ0v) is 16.5. The van der Waals surface area contributed by atoms with E-state index in [0.29, 0.717) is 6.42 Å². The van der Waals surface area contributed by atoms with Crippen LogP contribution in [0.25, 0.3) is 11.2 Å². The molecule has 1 fully saturated rings. The van der Waals surface area contributed by atoms with Crippen molar-refractivity contribution >= 4 is 23.0 Å². The minimum absolute atomic E-state index is 0.00520. The summed E-state index contributed by atoms with van der Waals surface area (Å²) in [5, 5.41) is 32.5. The van der Waals surface area contributed by atoms with Gasteiger partial charge in [0.05, 0.1) is 19.2 Å². The number of imidazole rings is 1. The normalized spacial score (nSPS) is 25.0. The maximum absolute atomic E-state index is 12.3. The van der Waals surface area contributed by atoms with Gasteiger partial charge >= 0.3 is 0 Å². The maximum Gasteiger partial charge on any atom is 0.280 e. The van der Waals surface area contributed by atoms with Gasteiger partial charge in [-0.2, -0.15) is 4.98 Å². The van der Waals surface area contributed by atoms with E-state index in [9.17, 15) is 24.9 Å². The first-order valence-corrected chi connectivity index (χ1v) is 9.70. The highest BCUT2D eigenvalue weighted by Crippen LogP contribution is 2.32. The van der Waals surface area contributed by atoms with E-state index in [1.807, 2.05) is 6.92 Å². The molecule has 13 heteroatoms. The number of H-pyrrole nitrogens is 1. The number of amides is 1. The lowest BCUT2D eigenvalue weighted by Gasteiger charge is -2.20. The van der Waals surface area contributed by atoms with Crippen molar-refractivity contribution in [3.05, 3.63) is 16.2 Å². The maximum atomic E-state index is 12.3. The smallest absolute Gasteiger partial charge is 0.280 e. The number of ether oxygens (including phenoxy) is 1. The summed E-state index contributed by atoms with van der Waals surface area (Å²) in [6.45, 7) is 1.32. The van der Waals surface area contributed by atoms with Gasteiger partial charge in [-0.3, -0.25) is 19.1 Å². The Bertz CT molecular complexity index is 960. The van der Waals surface area contributed by atoms with Crippen molar-refractivity contribution in [2.75, 3.05) is 12.3 Å². The first-order chi connectivity index (χ1) is 14.3. The van der Waals surface area contributed by atoms with Crippen molar-refractivity contribution in [1.82, 2.24) is 24.8 Å². The molecule has 0 saturated carbocycles. The number of nitrogens with two attached hydrogens (primary N) is 2. The largest absolute Gasteiger partial charge is 0.394 e. The van der Waals surface area contributed by atoms with E-state index in [2.05, 4.69) is 20.3 Å². The molecule has 3 heterocycles. The van der Waals surface area contributed by atoms with E-state index in [0.717, 1.165) is 12.8 Å². The number of unbranched alkanes of at least 4 members (excludes halogenated alkanes) is 1. The van der Waals surface area contributed by atoms with Gasteiger partial charge in [0.1, 0.15) is 24.1 Å². The Morgan fingerprint density at radius 3 is 2.73 bits per heavy atom. The molecule has 2 aromatic heterocycles. The number of rotatable bonds is 8. The van der Waals surface area contributed by atoms with Gasteiger partial charge in [-0.15, -0.1) is 0 Å². The van der Waals surface area contributed by atoms with Crippen LogP contribution >= 0.6 is 0 Å². The molecule has 0 aromatic carbocycles. The molecule has 166 valence electrons. The van der Waals surface area contributed by atoms with E-state index in [4.69, 9.17) is 16.2 Å². The second kappa shape index (κ2) is 9.06. The third kappa shape index (κ3) is 4.15. The van der Waals surface area contributed by atoms with Gasteiger partial charge in [0.2, 0.25) is 11.9 Å². The highest BCUT2D eigenvalue weighted by molar-refractivity contribution is 5.81. The van der Waals surface area contributed by atoms with Gasteiger partial charge in [0, 0.05) is 0 Å². The molecule has 3 rings (SSSR count). The molecule has 9 N–H and O–H groups in total. The van der Waals surface area contributed by atoms with Crippen molar-refractivity contribution in [1.29, 1.82) is 0 Å². The lowest BCUT2D eigenvalue weighted by molar-refractivity contribution is -0.122. The van der Waals surface area contributed by atoms with Gasteiger partial charge in [-0.05, 0) is 6.42 Å². The Hall–Kier alpha value is -2.58. The Balaban J connectivity index is 1.96. The molecule has 0 aliphatic carbocycles. The number of hydrogen-bond donors (Lipinski definition) is 7. The number of carbonyl (C=O) groups is 1. The summed E-state index contributed by atoms with van der Waals surface area (Å²) < 4.78 is 6.84. The van der Waals surface area contributed by atoms with Crippen LogP contribution < -0.4 is 22.3 Å². The van der Waals surface area contributed by atoms with Gasteiger partial charge < -0.3 is 36.8 Å². The third-order valence-corrected chi connectivity index (χ3v) is 5.04. The van der Waals surface area contributed by atoms with Crippen molar-refractivity contribution in [3.8, 4) is 0 Å². The van der Waals surface area contributed by atoms with E-state index in [1.165, 1.54) is 4.57 Å². The van der Waals surface area contributed by atoms with Crippen molar-refractivity contribution in [3.63, 3.8) is 0 Å². The quantitative estimate of drug-likeness (QED) is 0.235. The lowest BCUT2D eigenvalue weighted by Crippen LogP contribution is -2.40. The van der Waals surface area contributed by atoms with Crippen molar-refractivity contribution in [2.24, 2.45) is 5.73 Å². The molecular formula is C17H27N7O6. The molecule has 1 aliphatic heterocycles. The van der Waals surface area contributed by atoms with E-state index < -0.39 is 48.7 Å². The molecule has 0 radical (unpaired) electrons. The van der Waals surface area contributed by atoms with E-state index in [-0.39, 0.29) is 29.5 Å². The number of nitrogen functional groups attached to an aromatic ring is 1. The van der Waals surface area contributed by atoms with Crippen LogP contribution in [-0.4, -0.2) is 71.7 Å². The molecule has 1 saturated heterocycles. The third-order valence-electron chi connectivity index (χ3n) is 5.04. The van der Waals surface area contributed by atoms with Crippen LogP contribution in [0.15, 0.2) is 4.79 Å². The first kappa shape index (κ1) is 22.1. The van der Waals surface area contributed by atoms with Crippen molar-refractivity contribution in [2.45, 2.75) is 63.3 Å². The summed E-state index contributed by atoms with van der Waals surface area (Å²) in [7, 11) is 0. The number of fused-ring (bicyclic) bond motifs is 1. The van der Waals surface area contributed by atoms with Crippen LogP contribution in [0.5, 0.6) is 0 Å².